The molecule has 0 aromatic heterocycles. The summed E-state index contributed by atoms with van der Waals surface area (Å²) in [6.45, 7) is 1.87. The van der Waals surface area contributed by atoms with Gasteiger partial charge in [0.25, 0.3) is 5.91 Å². The van der Waals surface area contributed by atoms with E-state index in [1.807, 2.05) is 0 Å². The van der Waals surface area contributed by atoms with Gasteiger partial charge in [-0.1, -0.05) is 15.9 Å². The quantitative estimate of drug-likeness (QED) is 0.625. The number of rotatable bonds is 2. The highest BCUT2D eigenvalue weighted by Gasteiger charge is 2.27. The third-order valence-electron chi connectivity index (χ3n) is 1.42. The van der Waals surface area contributed by atoms with E-state index >= 15 is 0 Å². The molecule has 0 radical (unpaired) electrons. The third kappa shape index (κ3) is 2.18. The van der Waals surface area contributed by atoms with E-state index < -0.39 is 6.04 Å². The van der Waals surface area contributed by atoms with Crippen LogP contribution in [0.5, 0.6) is 0 Å². The predicted molar refractivity (Wildman–Crippen MR) is 44.4 cm³/mol. The van der Waals surface area contributed by atoms with Crippen molar-refractivity contribution in [2.75, 3.05) is 6.61 Å². The maximum atomic E-state index is 11.1. The van der Waals surface area contributed by atoms with Gasteiger partial charge in [0, 0.05) is 0 Å². The molecular formula is C6H9BrN2O3. The van der Waals surface area contributed by atoms with Crippen LogP contribution in [-0.2, 0) is 14.4 Å². The van der Waals surface area contributed by atoms with Gasteiger partial charge in [0.2, 0.25) is 5.91 Å². The fraction of sp³-hybridized carbons (Fsp3) is 0.667. The topological polar surface area (TPSA) is 67.4 Å². The number of nitrogens with one attached hydrogen (secondary N) is 2. The van der Waals surface area contributed by atoms with Gasteiger partial charge >= 0.3 is 0 Å². The smallest absolute Gasteiger partial charge is 0.268 e. The van der Waals surface area contributed by atoms with Crippen molar-refractivity contribution < 1.29 is 14.4 Å². The number of hydrogen-bond donors (Lipinski definition) is 2. The van der Waals surface area contributed by atoms with Crippen molar-refractivity contribution in [3.8, 4) is 0 Å². The minimum Gasteiger partial charge on any atom is -0.341 e. The first-order valence-electron chi connectivity index (χ1n) is 3.47. The Hall–Kier alpha value is -0.620. The van der Waals surface area contributed by atoms with Crippen LogP contribution >= 0.6 is 15.9 Å². The molecule has 0 bridgehead atoms. The van der Waals surface area contributed by atoms with Gasteiger partial charge < -0.3 is 5.32 Å². The lowest BCUT2D eigenvalue weighted by atomic mass is 10.3. The number of carbonyl (C=O) groups is 2. The molecule has 0 aromatic carbocycles. The molecule has 6 heteroatoms. The second-order valence-corrected chi connectivity index (χ2v) is 3.83. The maximum Gasteiger partial charge on any atom is 0.268 e. The summed E-state index contributed by atoms with van der Waals surface area (Å²) in [4.78, 5) is 26.2. The molecule has 1 unspecified atom stereocenters. The molecule has 2 amide bonds. The van der Waals surface area contributed by atoms with E-state index in [2.05, 4.69) is 31.6 Å². The Bertz CT molecular complexity index is 207. The normalized spacial score (nSPS) is 24.8. The van der Waals surface area contributed by atoms with E-state index in [0.717, 1.165) is 0 Å². The first kappa shape index (κ1) is 9.47. The Balaban J connectivity index is 2.40. The number of hydroxylamine groups is 1. The zero-order valence-corrected chi connectivity index (χ0v) is 8.05. The predicted octanol–water partition coefficient (Wildman–Crippen LogP) is -0.684. The number of alkyl halides is 1. The Morgan fingerprint density at radius 2 is 2.58 bits per heavy atom. The van der Waals surface area contributed by atoms with Crippen molar-refractivity contribution in [1.29, 1.82) is 0 Å². The molecule has 5 nitrogen and oxygen atoms in total. The van der Waals surface area contributed by atoms with Crippen molar-refractivity contribution in [3.63, 3.8) is 0 Å². The van der Waals surface area contributed by atoms with Crippen LogP contribution in [0.1, 0.15) is 6.92 Å². The zero-order chi connectivity index (χ0) is 9.14. The van der Waals surface area contributed by atoms with Crippen LogP contribution in [-0.4, -0.2) is 29.3 Å². The summed E-state index contributed by atoms with van der Waals surface area (Å²) in [5.74, 6) is -0.530. The summed E-state index contributed by atoms with van der Waals surface area (Å²) >= 11 is 3.08. The number of hydrogen-bond acceptors (Lipinski definition) is 3. The molecule has 2 atom stereocenters. The molecule has 1 fully saturated rings. The van der Waals surface area contributed by atoms with Crippen molar-refractivity contribution >= 4 is 27.7 Å². The van der Waals surface area contributed by atoms with Gasteiger partial charge in [-0.15, -0.1) is 0 Å². The molecule has 0 saturated carbocycles. The number of amides is 2. The summed E-state index contributed by atoms with van der Waals surface area (Å²) in [6.07, 6.45) is 0. The van der Waals surface area contributed by atoms with Gasteiger partial charge in [0.05, 0.1) is 4.83 Å². The molecule has 1 heterocycles. The Morgan fingerprint density at radius 1 is 1.92 bits per heavy atom. The van der Waals surface area contributed by atoms with Crippen LogP contribution in [0.15, 0.2) is 0 Å². The van der Waals surface area contributed by atoms with Crippen molar-refractivity contribution in [1.82, 2.24) is 10.8 Å². The summed E-state index contributed by atoms with van der Waals surface area (Å²) in [6, 6.07) is -0.558. The highest BCUT2D eigenvalue weighted by Crippen LogP contribution is 2.00. The van der Waals surface area contributed by atoms with Crippen LogP contribution in [0.3, 0.4) is 0 Å². The van der Waals surface area contributed by atoms with Crippen LogP contribution in [0.25, 0.3) is 0 Å². The summed E-state index contributed by atoms with van der Waals surface area (Å²) < 4.78 is 0. The third-order valence-corrected chi connectivity index (χ3v) is 1.83. The van der Waals surface area contributed by atoms with E-state index in [9.17, 15) is 9.59 Å². The molecule has 1 rings (SSSR count). The lowest BCUT2D eigenvalue weighted by Gasteiger charge is -2.08. The first-order chi connectivity index (χ1) is 5.61. The first-order valence-corrected chi connectivity index (χ1v) is 4.39. The number of carbonyl (C=O) groups excluding carboxylic acids is 2. The second-order valence-electron chi connectivity index (χ2n) is 2.45. The standard InChI is InChI=1S/C6H9BrN2O3/c1-3(7)5(10)8-4-2-12-9-6(4)11/h3-4H,2H2,1H3,(H,8,10)(H,9,11)/t3?,4-/m1/s1. The molecule has 0 aliphatic carbocycles. The minimum absolute atomic E-state index is 0.185. The van der Waals surface area contributed by atoms with E-state index in [1.165, 1.54) is 0 Å². The highest BCUT2D eigenvalue weighted by molar-refractivity contribution is 9.10. The molecule has 1 aliphatic heterocycles. The lowest BCUT2D eigenvalue weighted by Crippen LogP contribution is -2.44. The Kier molecular flexibility index (Phi) is 3.05. The number of halogens is 1. The van der Waals surface area contributed by atoms with Crippen LogP contribution in [0.4, 0.5) is 0 Å². The highest BCUT2D eigenvalue weighted by atomic mass is 79.9. The van der Waals surface area contributed by atoms with Crippen molar-refractivity contribution in [3.05, 3.63) is 0 Å². The SMILES string of the molecule is CC(Br)C(=O)N[C@@H]1CONC1=O. The monoisotopic (exact) mass is 236 g/mol. The van der Waals surface area contributed by atoms with E-state index in [0.29, 0.717) is 0 Å². The summed E-state index contributed by atoms with van der Waals surface area (Å²) in [5.41, 5.74) is 2.14. The molecule has 12 heavy (non-hydrogen) atoms. The molecule has 1 aliphatic rings. The lowest BCUT2D eigenvalue weighted by molar-refractivity contribution is -0.128. The van der Waals surface area contributed by atoms with Gasteiger partial charge in [-0.05, 0) is 6.92 Å². The van der Waals surface area contributed by atoms with Gasteiger partial charge in [0.1, 0.15) is 12.6 Å². The molecule has 1 saturated heterocycles. The van der Waals surface area contributed by atoms with Gasteiger partial charge in [-0.2, -0.15) is 0 Å². The Labute approximate surface area is 77.9 Å². The fourth-order valence-corrected chi connectivity index (χ4v) is 0.869. The average Bonchev–Trinajstić information content (AvgIpc) is 2.36. The van der Waals surface area contributed by atoms with Gasteiger partial charge in [0.15, 0.2) is 0 Å². The van der Waals surface area contributed by atoms with Crippen LogP contribution in [0, 0.1) is 0 Å². The molecule has 0 spiro atoms. The van der Waals surface area contributed by atoms with Crippen LogP contribution < -0.4 is 10.8 Å². The maximum absolute atomic E-state index is 11.1. The Morgan fingerprint density at radius 3 is 3.00 bits per heavy atom. The van der Waals surface area contributed by atoms with E-state index in [-0.39, 0.29) is 23.2 Å². The van der Waals surface area contributed by atoms with Crippen molar-refractivity contribution in [2.45, 2.75) is 17.8 Å². The zero-order valence-electron chi connectivity index (χ0n) is 6.46. The van der Waals surface area contributed by atoms with Gasteiger partial charge in [-0.25, -0.2) is 5.48 Å². The molecule has 2 N–H and O–H groups in total. The molecule has 68 valence electrons. The molecule has 0 aromatic rings. The van der Waals surface area contributed by atoms with E-state index in [4.69, 9.17) is 0 Å². The second kappa shape index (κ2) is 3.86. The van der Waals surface area contributed by atoms with E-state index in [1.54, 1.807) is 6.92 Å². The van der Waals surface area contributed by atoms with Crippen LogP contribution in [0.2, 0.25) is 0 Å². The minimum atomic E-state index is -0.558. The van der Waals surface area contributed by atoms with Gasteiger partial charge in [-0.3, -0.25) is 14.4 Å². The summed E-state index contributed by atoms with van der Waals surface area (Å²) in [5, 5.41) is 2.51. The largest absolute Gasteiger partial charge is 0.341 e. The van der Waals surface area contributed by atoms with Crippen molar-refractivity contribution in [2.24, 2.45) is 0 Å². The molecular weight excluding hydrogens is 228 g/mol. The summed E-state index contributed by atoms with van der Waals surface area (Å²) in [7, 11) is 0. The fourth-order valence-electron chi connectivity index (χ4n) is 0.737. The average molecular weight is 237 g/mol.